The summed E-state index contributed by atoms with van der Waals surface area (Å²) < 4.78 is 7.18. The lowest BCUT2D eigenvalue weighted by Gasteiger charge is -2.18. The van der Waals surface area contributed by atoms with Gasteiger partial charge in [0.2, 0.25) is 0 Å². The zero-order valence-corrected chi connectivity index (χ0v) is 11.1. The molecule has 1 N–H and O–H groups in total. The van der Waals surface area contributed by atoms with E-state index in [1.165, 1.54) is 0 Å². The van der Waals surface area contributed by atoms with Crippen LogP contribution in [-0.4, -0.2) is 28.9 Å². The fraction of sp³-hybridized carbons (Fsp3) is 0.385. The van der Waals surface area contributed by atoms with Gasteiger partial charge in [-0.05, 0) is 25.1 Å². The second-order valence-electron chi connectivity index (χ2n) is 4.24. The highest BCUT2D eigenvalue weighted by Gasteiger charge is 2.21. The summed E-state index contributed by atoms with van der Waals surface area (Å²) >= 11 is 0. The molecule has 0 aromatic carbocycles. The van der Waals surface area contributed by atoms with E-state index in [4.69, 9.17) is 4.74 Å². The Labute approximate surface area is 107 Å². The van der Waals surface area contributed by atoms with Crippen molar-refractivity contribution in [1.82, 2.24) is 20.1 Å². The summed E-state index contributed by atoms with van der Waals surface area (Å²) in [4.78, 5) is 4.24. The molecule has 1 unspecified atom stereocenters. The summed E-state index contributed by atoms with van der Waals surface area (Å²) in [5.74, 6) is 0.776. The average Bonchev–Trinajstić information content (AvgIpc) is 2.72. The number of hydrogen-bond acceptors (Lipinski definition) is 4. The molecule has 0 amide bonds. The summed E-state index contributed by atoms with van der Waals surface area (Å²) in [5, 5.41) is 7.52. The van der Waals surface area contributed by atoms with Crippen molar-refractivity contribution in [1.29, 1.82) is 0 Å². The molecule has 2 rings (SSSR count). The van der Waals surface area contributed by atoms with Crippen molar-refractivity contribution in [3.05, 3.63) is 41.5 Å². The zero-order valence-electron chi connectivity index (χ0n) is 11.1. The molecule has 96 valence electrons. The van der Waals surface area contributed by atoms with Gasteiger partial charge in [-0.15, -0.1) is 0 Å². The third-order valence-electron chi connectivity index (χ3n) is 2.96. The molecule has 18 heavy (non-hydrogen) atoms. The predicted octanol–water partition coefficient (Wildman–Crippen LogP) is 1.44. The molecule has 0 saturated heterocycles. The lowest BCUT2D eigenvalue weighted by molar-refractivity contribution is 0.402. The smallest absolute Gasteiger partial charge is 0.161 e. The van der Waals surface area contributed by atoms with Crippen LogP contribution in [0.4, 0.5) is 0 Å². The number of nitrogens with one attached hydrogen (secondary N) is 1. The fourth-order valence-corrected chi connectivity index (χ4v) is 2.11. The van der Waals surface area contributed by atoms with Gasteiger partial charge in [-0.1, -0.05) is 6.07 Å². The quantitative estimate of drug-likeness (QED) is 0.887. The predicted molar refractivity (Wildman–Crippen MR) is 69.6 cm³/mol. The third-order valence-corrected chi connectivity index (χ3v) is 2.96. The van der Waals surface area contributed by atoms with Crippen molar-refractivity contribution in [3.63, 3.8) is 0 Å². The summed E-state index contributed by atoms with van der Waals surface area (Å²) in [6.07, 6.45) is 5.43. The molecule has 0 bridgehead atoms. The Morgan fingerprint density at radius 1 is 1.33 bits per heavy atom. The zero-order chi connectivity index (χ0) is 13.1. The van der Waals surface area contributed by atoms with Crippen LogP contribution >= 0.6 is 0 Å². The van der Waals surface area contributed by atoms with Gasteiger partial charge in [0.1, 0.15) is 5.69 Å². The largest absolute Gasteiger partial charge is 0.493 e. The normalized spacial score (nSPS) is 12.4. The molecule has 2 aromatic rings. The van der Waals surface area contributed by atoms with E-state index in [9.17, 15) is 0 Å². The molecule has 5 heteroatoms. The molecular formula is C13H18N4O. The molecule has 0 saturated carbocycles. The van der Waals surface area contributed by atoms with Gasteiger partial charge < -0.3 is 10.1 Å². The topological polar surface area (TPSA) is 52.0 Å². The van der Waals surface area contributed by atoms with Crippen LogP contribution < -0.4 is 10.1 Å². The third kappa shape index (κ3) is 2.22. The van der Waals surface area contributed by atoms with Gasteiger partial charge >= 0.3 is 0 Å². The molecule has 0 radical (unpaired) electrons. The second-order valence-corrected chi connectivity index (χ2v) is 4.24. The fourth-order valence-electron chi connectivity index (χ4n) is 2.11. The minimum atomic E-state index is 0.0137. The highest BCUT2D eigenvalue weighted by atomic mass is 16.5. The molecule has 0 aliphatic rings. The van der Waals surface area contributed by atoms with Crippen LogP contribution in [0.1, 0.15) is 22.9 Å². The van der Waals surface area contributed by atoms with Gasteiger partial charge in [-0.3, -0.25) is 9.67 Å². The van der Waals surface area contributed by atoms with Crippen molar-refractivity contribution >= 4 is 0 Å². The van der Waals surface area contributed by atoms with Gasteiger partial charge in [0, 0.05) is 19.4 Å². The number of ether oxygens (including phenoxy) is 1. The molecule has 1 atom stereocenters. The summed E-state index contributed by atoms with van der Waals surface area (Å²) in [7, 11) is 5.48. The van der Waals surface area contributed by atoms with E-state index >= 15 is 0 Å². The first-order valence-corrected chi connectivity index (χ1v) is 5.82. The second kappa shape index (κ2) is 5.18. The van der Waals surface area contributed by atoms with Crippen LogP contribution in [0.2, 0.25) is 0 Å². The Bertz CT molecular complexity index is 536. The minimum absolute atomic E-state index is 0.0137. The van der Waals surface area contributed by atoms with Crippen LogP contribution in [0.3, 0.4) is 0 Å². The highest BCUT2D eigenvalue weighted by molar-refractivity contribution is 5.36. The average molecular weight is 246 g/mol. The number of rotatable bonds is 4. The molecular weight excluding hydrogens is 228 g/mol. The van der Waals surface area contributed by atoms with Crippen molar-refractivity contribution in [2.45, 2.75) is 13.0 Å². The van der Waals surface area contributed by atoms with Gasteiger partial charge in [-0.25, -0.2) is 0 Å². The summed E-state index contributed by atoms with van der Waals surface area (Å²) in [6.45, 7) is 2.03. The van der Waals surface area contributed by atoms with E-state index < -0.39 is 0 Å². The Hall–Kier alpha value is -1.88. The van der Waals surface area contributed by atoms with Gasteiger partial charge in [-0.2, -0.15) is 5.10 Å². The SMILES string of the molecule is CNC(c1cncc(C)c1)c1c(OC)cnn1C. The number of methoxy groups -OCH3 is 1. The Balaban J connectivity index is 2.48. The molecule has 5 nitrogen and oxygen atoms in total. The van der Waals surface area contributed by atoms with E-state index in [1.807, 2.05) is 38.1 Å². The lowest BCUT2D eigenvalue weighted by atomic mass is 10.0. The maximum Gasteiger partial charge on any atom is 0.161 e. The van der Waals surface area contributed by atoms with Crippen molar-refractivity contribution in [2.75, 3.05) is 14.2 Å². The number of nitrogens with zero attached hydrogens (tertiary/aromatic N) is 3. The number of hydrogen-bond donors (Lipinski definition) is 1. The van der Waals surface area contributed by atoms with E-state index in [1.54, 1.807) is 13.3 Å². The first-order valence-electron chi connectivity index (χ1n) is 5.82. The molecule has 0 aliphatic heterocycles. The van der Waals surface area contributed by atoms with Crippen LogP contribution in [-0.2, 0) is 7.05 Å². The van der Waals surface area contributed by atoms with Crippen LogP contribution in [0.15, 0.2) is 24.7 Å². The Morgan fingerprint density at radius 2 is 2.11 bits per heavy atom. The monoisotopic (exact) mass is 246 g/mol. The van der Waals surface area contributed by atoms with Gasteiger partial charge in [0.25, 0.3) is 0 Å². The standard InChI is InChI=1S/C13H18N4O/c1-9-5-10(7-15-6-9)12(14-2)13-11(18-4)8-16-17(13)3/h5-8,12,14H,1-4H3. The van der Waals surface area contributed by atoms with Crippen LogP contribution in [0.5, 0.6) is 5.75 Å². The molecule has 2 heterocycles. The summed E-state index contributed by atoms with van der Waals surface area (Å²) in [6, 6.07) is 2.13. The molecule has 0 fully saturated rings. The lowest BCUT2D eigenvalue weighted by Crippen LogP contribution is -2.21. The molecule has 2 aromatic heterocycles. The highest BCUT2D eigenvalue weighted by Crippen LogP contribution is 2.28. The maximum absolute atomic E-state index is 5.36. The minimum Gasteiger partial charge on any atom is -0.493 e. The van der Waals surface area contributed by atoms with Crippen molar-refractivity contribution < 1.29 is 4.74 Å². The Morgan fingerprint density at radius 3 is 2.72 bits per heavy atom. The number of pyridine rings is 1. The van der Waals surface area contributed by atoms with E-state index in [2.05, 4.69) is 21.5 Å². The first-order chi connectivity index (χ1) is 8.67. The van der Waals surface area contributed by atoms with E-state index in [0.29, 0.717) is 0 Å². The summed E-state index contributed by atoms with van der Waals surface area (Å²) in [5.41, 5.74) is 3.22. The van der Waals surface area contributed by atoms with Crippen molar-refractivity contribution in [2.24, 2.45) is 7.05 Å². The van der Waals surface area contributed by atoms with Gasteiger partial charge in [0.05, 0.1) is 19.3 Å². The van der Waals surface area contributed by atoms with E-state index in [0.717, 1.165) is 22.6 Å². The Kier molecular flexibility index (Phi) is 3.62. The number of aryl methyl sites for hydroxylation is 2. The van der Waals surface area contributed by atoms with Crippen LogP contribution in [0.25, 0.3) is 0 Å². The van der Waals surface area contributed by atoms with Crippen LogP contribution in [0, 0.1) is 6.92 Å². The van der Waals surface area contributed by atoms with Crippen molar-refractivity contribution in [3.8, 4) is 5.75 Å². The maximum atomic E-state index is 5.36. The number of aromatic nitrogens is 3. The molecule has 0 aliphatic carbocycles. The molecule has 0 spiro atoms. The van der Waals surface area contributed by atoms with E-state index in [-0.39, 0.29) is 6.04 Å². The van der Waals surface area contributed by atoms with Gasteiger partial charge in [0.15, 0.2) is 5.75 Å². The first kappa shape index (κ1) is 12.6.